The average molecular weight is 720 g/mol. The Morgan fingerprint density at radius 3 is 2.45 bits per heavy atom. The van der Waals surface area contributed by atoms with Crippen LogP contribution in [0.5, 0.6) is 5.75 Å². The number of fused-ring (bicyclic) bond motifs is 3. The zero-order valence-electron chi connectivity index (χ0n) is 27.9. The number of rotatable bonds is 7. The molecule has 0 spiro atoms. The van der Waals surface area contributed by atoms with E-state index in [1.54, 1.807) is 57.2 Å². The first kappa shape index (κ1) is 35.1. The highest BCUT2D eigenvalue weighted by Crippen LogP contribution is 2.43. The molecule has 0 fully saturated rings. The van der Waals surface area contributed by atoms with E-state index in [9.17, 15) is 27.6 Å². The molecule has 0 aliphatic carbocycles. The molecule has 0 saturated carbocycles. The van der Waals surface area contributed by atoms with Crippen LogP contribution in [0.25, 0.3) is 27.4 Å². The molecule has 264 valence electrons. The van der Waals surface area contributed by atoms with Crippen LogP contribution < -0.4 is 15.4 Å². The van der Waals surface area contributed by atoms with Crippen LogP contribution in [0.1, 0.15) is 58.3 Å². The van der Waals surface area contributed by atoms with Gasteiger partial charge in [-0.2, -0.15) is 18.3 Å². The van der Waals surface area contributed by atoms with Gasteiger partial charge in [-0.3, -0.25) is 4.79 Å². The summed E-state index contributed by atoms with van der Waals surface area (Å²) in [4.78, 5) is 44.6. The number of hydrogen-bond acceptors (Lipinski definition) is 9. The second-order valence-corrected chi connectivity index (χ2v) is 13.4. The predicted octanol–water partition coefficient (Wildman–Crippen LogP) is 7.68. The Kier molecular flexibility index (Phi) is 9.58. The van der Waals surface area contributed by atoms with E-state index in [1.165, 1.54) is 23.5 Å². The van der Waals surface area contributed by atoms with Crippen molar-refractivity contribution in [1.29, 1.82) is 0 Å². The summed E-state index contributed by atoms with van der Waals surface area (Å²) >= 11 is 1.51. The van der Waals surface area contributed by atoms with E-state index < -0.39 is 35.3 Å². The Bertz CT molecular complexity index is 2120. The second kappa shape index (κ2) is 13.9. The van der Waals surface area contributed by atoms with Crippen LogP contribution in [-0.4, -0.2) is 52.1 Å². The van der Waals surface area contributed by atoms with Crippen molar-refractivity contribution < 1.29 is 41.8 Å². The number of carbonyl (C=O) groups excluding carboxylic acids is 3. The molecule has 0 saturated heterocycles. The lowest BCUT2D eigenvalue weighted by atomic mass is 9.93. The number of alkyl halides is 3. The zero-order chi connectivity index (χ0) is 36.5. The van der Waals surface area contributed by atoms with Crippen LogP contribution in [0.15, 0.2) is 72.4 Å². The Morgan fingerprint density at radius 2 is 1.76 bits per heavy atom. The molecule has 0 bridgehead atoms. The number of hydrogen-bond donors (Lipinski definition) is 2. The van der Waals surface area contributed by atoms with Crippen LogP contribution in [0.3, 0.4) is 0 Å². The predicted molar refractivity (Wildman–Crippen MR) is 183 cm³/mol. The number of ether oxygens (including phenoxy) is 3. The quantitative estimate of drug-likeness (QED) is 0.164. The molecule has 0 atom stereocenters. The van der Waals surface area contributed by atoms with Gasteiger partial charge in [-0.1, -0.05) is 12.1 Å². The van der Waals surface area contributed by atoms with Crippen LogP contribution >= 0.6 is 11.3 Å². The number of esters is 1. The fourth-order valence-corrected chi connectivity index (χ4v) is 6.34. The molecule has 11 nitrogen and oxygen atoms in total. The molecule has 1 aliphatic heterocycles. The monoisotopic (exact) mass is 719 g/mol. The summed E-state index contributed by atoms with van der Waals surface area (Å²) in [5.41, 5.74) is 1.73. The van der Waals surface area contributed by atoms with E-state index >= 15 is 0 Å². The summed E-state index contributed by atoms with van der Waals surface area (Å²) < 4.78 is 57.2. The highest BCUT2D eigenvalue weighted by Gasteiger charge is 2.33. The van der Waals surface area contributed by atoms with E-state index in [-0.39, 0.29) is 34.7 Å². The lowest BCUT2D eigenvalue weighted by Gasteiger charge is -2.19. The second-order valence-electron chi connectivity index (χ2n) is 12.5. The van der Waals surface area contributed by atoms with Gasteiger partial charge >= 0.3 is 18.2 Å². The fraction of sp³-hybridized carbons (Fsp3) is 0.250. The van der Waals surface area contributed by atoms with Gasteiger partial charge in [-0.05, 0) is 79.7 Å². The lowest BCUT2D eigenvalue weighted by molar-refractivity contribution is -0.137. The highest BCUT2D eigenvalue weighted by atomic mass is 32.1. The summed E-state index contributed by atoms with van der Waals surface area (Å²) in [5.74, 6) is -0.993. The average Bonchev–Trinajstić information content (AvgIpc) is 3.74. The third-order valence-corrected chi connectivity index (χ3v) is 8.72. The maximum absolute atomic E-state index is 14.1. The van der Waals surface area contributed by atoms with Gasteiger partial charge in [0.2, 0.25) is 0 Å². The molecule has 1 aliphatic rings. The number of methoxy groups -OCH3 is 1. The molecule has 51 heavy (non-hydrogen) atoms. The molecule has 4 heterocycles. The first-order valence-corrected chi connectivity index (χ1v) is 16.5. The molecule has 2 aromatic carbocycles. The molecule has 15 heteroatoms. The Labute approximate surface area is 294 Å². The van der Waals surface area contributed by atoms with Crippen molar-refractivity contribution in [3.63, 3.8) is 0 Å². The normalized spacial score (nSPS) is 12.5. The molecule has 0 unspecified atom stereocenters. The number of halogens is 3. The third-order valence-electron chi connectivity index (χ3n) is 7.73. The third kappa shape index (κ3) is 7.88. The summed E-state index contributed by atoms with van der Waals surface area (Å²) in [7, 11) is 1.15. The van der Waals surface area contributed by atoms with Gasteiger partial charge in [-0.25, -0.2) is 19.3 Å². The first-order chi connectivity index (χ1) is 24.2. The number of anilines is 1. The topological polar surface area (TPSA) is 134 Å². The van der Waals surface area contributed by atoms with Crippen LogP contribution in [0.4, 0.5) is 23.7 Å². The zero-order valence-corrected chi connectivity index (χ0v) is 28.7. The van der Waals surface area contributed by atoms with Crippen molar-refractivity contribution >= 4 is 35.0 Å². The van der Waals surface area contributed by atoms with Gasteiger partial charge in [0.05, 0.1) is 25.5 Å². The number of thiophene rings is 1. The minimum absolute atomic E-state index is 0.0730. The number of amides is 2. The minimum Gasteiger partial charge on any atom is -0.493 e. The summed E-state index contributed by atoms with van der Waals surface area (Å²) in [6.07, 6.45) is -3.13. The minimum atomic E-state index is -4.63. The molecule has 3 aromatic heterocycles. The summed E-state index contributed by atoms with van der Waals surface area (Å²) in [6, 6.07) is 15.1. The molecule has 6 rings (SSSR count). The van der Waals surface area contributed by atoms with E-state index in [0.717, 1.165) is 34.0 Å². The standard InChI is InChI=1S/C36H32F3N5O6S/c1-35(2,3)50-34(47)40-17-20-5-7-23(8-6-20)42-32(45)26-15-27-28(49-13-11-21-12-14-51-31(21)27)16-25(26)24-9-10-29(43-30(24)33(46)48-4)44-19-22(18-41-44)36(37,38)39/h5-10,12,14-16,18-19H,11,13,17H2,1-4H3,(H,40,47)(H,42,45). The van der Waals surface area contributed by atoms with E-state index in [4.69, 9.17) is 14.2 Å². The van der Waals surface area contributed by atoms with Crippen LogP contribution in [-0.2, 0) is 28.6 Å². The van der Waals surface area contributed by atoms with Gasteiger partial charge in [-0.15, -0.1) is 11.3 Å². The molecular weight excluding hydrogens is 687 g/mol. The number of carbonyl (C=O) groups is 3. The van der Waals surface area contributed by atoms with Crippen LogP contribution in [0, 0.1) is 0 Å². The smallest absolute Gasteiger partial charge is 0.419 e. The SMILES string of the molecule is COC(=O)c1nc(-n2cc(C(F)(F)F)cn2)ccc1-c1cc2c(cc1C(=O)Nc1ccc(CNC(=O)OC(C)(C)C)cc1)-c1sccc1CCO2. The van der Waals surface area contributed by atoms with Crippen molar-refractivity contribution in [3.05, 3.63) is 100 Å². The number of aromatic nitrogens is 3. The molecule has 2 N–H and O–H groups in total. The summed E-state index contributed by atoms with van der Waals surface area (Å²) in [6.45, 7) is 5.89. The highest BCUT2D eigenvalue weighted by molar-refractivity contribution is 7.13. The Hall–Kier alpha value is -5.70. The summed E-state index contributed by atoms with van der Waals surface area (Å²) in [5, 5.41) is 11.3. The van der Waals surface area contributed by atoms with Crippen molar-refractivity contribution in [3.8, 4) is 33.1 Å². The molecule has 2 amide bonds. The Balaban J connectivity index is 1.38. The number of benzene rings is 2. The maximum atomic E-state index is 14.1. The molecule has 0 radical (unpaired) electrons. The van der Waals surface area contributed by atoms with E-state index in [0.29, 0.717) is 36.2 Å². The number of nitrogens with one attached hydrogen (secondary N) is 2. The van der Waals surface area contributed by atoms with Crippen molar-refractivity contribution in [2.24, 2.45) is 0 Å². The van der Waals surface area contributed by atoms with Crippen molar-refractivity contribution in [1.82, 2.24) is 20.1 Å². The van der Waals surface area contributed by atoms with E-state index in [2.05, 4.69) is 20.7 Å². The Morgan fingerprint density at radius 1 is 1.00 bits per heavy atom. The van der Waals surface area contributed by atoms with Gasteiger partial charge in [0.1, 0.15) is 11.4 Å². The maximum Gasteiger partial charge on any atom is 0.419 e. The van der Waals surface area contributed by atoms with Gasteiger partial charge in [0.15, 0.2) is 11.5 Å². The van der Waals surface area contributed by atoms with E-state index in [1.807, 2.05) is 11.4 Å². The van der Waals surface area contributed by atoms with Gasteiger partial charge in [0.25, 0.3) is 5.91 Å². The van der Waals surface area contributed by atoms with Gasteiger partial charge in [0, 0.05) is 52.0 Å². The molecule has 5 aromatic rings. The van der Waals surface area contributed by atoms with Gasteiger partial charge < -0.3 is 24.8 Å². The number of alkyl carbamates (subject to hydrolysis) is 1. The lowest BCUT2D eigenvalue weighted by Crippen LogP contribution is -2.32. The number of nitrogens with zero attached hydrogens (tertiary/aromatic N) is 3. The van der Waals surface area contributed by atoms with Crippen molar-refractivity contribution in [2.45, 2.75) is 45.5 Å². The van der Waals surface area contributed by atoms with Crippen LogP contribution in [0.2, 0.25) is 0 Å². The molecular formula is C36H32F3N5O6S. The first-order valence-electron chi connectivity index (χ1n) is 15.7. The van der Waals surface area contributed by atoms with Crippen molar-refractivity contribution in [2.75, 3.05) is 19.0 Å². The largest absolute Gasteiger partial charge is 0.493 e. The fourth-order valence-electron chi connectivity index (χ4n) is 5.36. The number of pyridine rings is 1.